The number of rotatable bonds is 6. The van der Waals surface area contributed by atoms with Gasteiger partial charge >= 0.3 is 0 Å². The molecule has 0 bridgehead atoms. The third-order valence-corrected chi connectivity index (χ3v) is 9.46. The van der Waals surface area contributed by atoms with Crippen molar-refractivity contribution in [3.05, 3.63) is 60.7 Å². The molecular formula is C20H29NOSi. The standard InChI is InChI=1S/C20H29NOSi/c1-5-17(21)16-22-23(20(2,3)4,18-12-8-6-9-13-18)19-14-10-7-11-15-19/h6-15,17H,5,16,21H2,1-4H3. The van der Waals surface area contributed by atoms with E-state index in [2.05, 4.69) is 88.4 Å². The van der Waals surface area contributed by atoms with Crippen molar-refractivity contribution in [2.75, 3.05) is 6.61 Å². The lowest BCUT2D eigenvalue weighted by molar-refractivity contribution is 0.269. The monoisotopic (exact) mass is 327 g/mol. The summed E-state index contributed by atoms with van der Waals surface area (Å²) in [6, 6.07) is 21.5. The topological polar surface area (TPSA) is 35.2 Å². The van der Waals surface area contributed by atoms with Crippen molar-refractivity contribution in [3.8, 4) is 0 Å². The first kappa shape index (κ1) is 17.9. The summed E-state index contributed by atoms with van der Waals surface area (Å²) < 4.78 is 6.73. The second-order valence-electron chi connectivity index (χ2n) is 7.14. The average Bonchev–Trinajstić information content (AvgIpc) is 2.56. The Hall–Kier alpha value is -1.42. The summed E-state index contributed by atoms with van der Waals surface area (Å²) in [5.41, 5.74) is 6.18. The largest absolute Gasteiger partial charge is 0.406 e. The van der Waals surface area contributed by atoms with E-state index in [0.717, 1.165) is 6.42 Å². The second kappa shape index (κ2) is 7.43. The van der Waals surface area contributed by atoms with E-state index in [0.29, 0.717) is 6.61 Å². The van der Waals surface area contributed by atoms with Gasteiger partial charge < -0.3 is 10.2 Å². The minimum absolute atomic E-state index is 0.0170. The molecule has 23 heavy (non-hydrogen) atoms. The number of hydrogen-bond acceptors (Lipinski definition) is 2. The van der Waals surface area contributed by atoms with Gasteiger partial charge in [-0.3, -0.25) is 0 Å². The Morgan fingerprint density at radius 3 is 1.70 bits per heavy atom. The second-order valence-corrected chi connectivity index (χ2v) is 11.4. The van der Waals surface area contributed by atoms with E-state index in [4.69, 9.17) is 10.2 Å². The molecule has 2 aromatic carbocycles. The Morgan fingerprint density at radius 2 is 1.35 bits per heavy atom. The van der Waals surface area contributed by atoms with Gasteiger partial charge in [-0.1, -0.05) is 88.4 Å². The highest BCUT2D eigenvalue weighted by molar-refractivity contribution is 6.99. The molecule has 2 aromatic rings. The molecule has 0 spiro atoms. The van der Waals surface area contributed by atoms with Crippen LogP contribution in [0.15, 0.2) is 60.7 Å². The van der Waals surface area contributed by atoms with E-state index >= 15 is 0 Å². The Labute approximate surface area is 141 Å². The van der Waals surface area contributed by atoms with Crippen LogP contribution in [0.4, 0.5) is 0 Å². The average molecular weight is 328 g/mol. The summed E-state index contributed by atoms with van der Waals surface area (Å²) in [6.45, 7) is 9.58. The van der Waals surface area contributed by atoms with Crippen LogP contribution >= 0.6 is 0 Å². The van der Waals surface area contributed by atoms with E-state index in [1.165, 1.54) is 10.4 Å². The zero-order valence-corrected chi connectivity index (χ0v) is 15.8. The molecule has 0 aliphatic carbocycles. The van der Waals surface area contributed by atoms with Crippen molar-refractivity contribution >= 4 is 18.7 Å². The van der Waals surface area contributed by atoms with E-state index < -0.39 is 8.32 Å². The normalized spacial score (nSPS) is 13.8. The van der Waals surface area contributed by atoms with Gasteiger partial charge in [0.05, 0.1) is 0 Å². The molecular weight excluding hydrogens is 298 g/mol. The van der Waals surface area contributed by atoms with Gasteiger partial charge in [-0.15, -0.1) is 0 Å². The fourth-order valence-electron chi connectivity index (χ4n) is 3.11. The van der Waals surface area contributed by atoms with E-state index in [1.54, 1.807) is 0 Å². The van der Waals surface area contributed by atoms with Crippen LogP contribution in [0.5, 0.6) is 0 Å². The first-order chi connectivity index (χ1) is 10.9. The SMILES string of the molecule is CCC(N)CO[Si](c1ccccc1)(c1ccccc1)C(C)(C)C. The third-order valence-electron chi connectivity index (χ3n) is 4.46. The van der Waals surface area contributed by atoms with Crippen LogP contribution in [-0.4, -0.2) is 21.0 Å². The number of nitrogens with two attached hydrogens (primary N) is 1. The summed E-state index contributed by atoms with van der Waals surface area (Å²) in [5.74, 6) is 0. The van der Waals surface area contributed by atoms with Gasteiger partial charge in [-0.25, -0.2) is 0 Å². The lowest BCUT2D eigenvalue weighted by Gasteiger charge is -2.43. The van der Waals surface area contributed by atoms with Gasteiger partial charge in [0.15, 0.2) is 0 Å². The van der Waals surface area contributed by atoms with Crippen molar-refractivity contribution in [2.45, 2.75) is 45.2 Å². The summed E-state index contributed by atoms with van der Waals surface area (Å²) in [4.78, 5) is 0. The van der Waals surface area contributed by atoms with Gasteiger partial charge in [-0.2, -0.15) is 0 Å². The van der Waals surface area contributed by atoms with Gasteiger partial charge in [0.2, 0.25) is 0 Å². The summed E-state index contributed by atoms with van der Waals surface area (Å²) in [7, 11) is -2.41. The quantitative estimate of drug-likeness (QED) is 0.826. The number of benzene rings is 2. The van der Waals surface area contributed by atoms with Crippen molar-refractivity contribution in [3.63, 3.8) is 0 Å². The van der Waals surface area contributed by atoms with Gasteiger partial charge in [0, 0.05) is 12.6 Å². The molecule has 0 aromatic heterocycles. The van der Waals surface area contributed by atoms with Crippen LogP contribution in [0.1, 0.15) is 34.1 Å². The van der Waals surface area contributed by atoms with Crippen LogP contribution in [0.25, 0.3) is 0 Å². The molecule has 0 saturated heterocycles. The Balaban J connectivity index is 2.60. The molecule has 2 rings (SSSR count). The molecule has 2 nitrogen and oxygen atoms in total. The van der Waals surface area contributed by atoms with Gasteiger partial charge in [-0.05, 0) is 21.8 Å². The highest BCUT2D eigenvalue weighted by Crippen LogP contribution is 2.36. The van der Waals surface area contributed by atoms with Crippen molar-refractivity contribution in [1.82, 2.24) is 0 Å². The molecule has 0 radical (unpaired) electrons. The lowest BCUT2D eigenvalue weighted by Crippen LogP contribution is -2.67. The van der Waals surface area contributed by atoms with Gasteiger partial charge in [0.1, 0.15) is 0 Å². The predicted octanol–water partition coefficient (Wildman–Crippen LogP) is 3.30. The van der Waals surface area contributed by atoms with Crippen LogP contribution in [0, 0.1) is 0 Å². The summed E-state index contributed by atoms with van der Waals surface area (Å²) in [6.07, 6.45) is 0.929. The zero-order valence-electron chi connectivity index (χ0n) is 14.8. The first-order valence-electron chi connectivity index (χ1n) is 8.42. The molecule has 0 saturated carbocycles. The molecule has 124 valence electrons. The molecule has 0 heterocycles. The van der Waals surface area contributed by atoms with Crippen molar-refractivity contribution in [2.24, 2.45) is 5.73 Å². The third kappa shape index (κ3) is 3.74. The van der Waals surface area contributed by atoms with Crippen LogP contribution in [-0.2, 0) is 4.43 Å². The van der Waals surface area contributed by atoms with E-state index in [1.807, 2.05) is 0 Å². The Kier molecular flexibility index (Phi) is 5.79. The summed E-state index contributed by atoms with van der Waals surface area (Å²) >= 11 is 0. The molecule has 0 amide bonds. The number of hydrogen-bond donors (Lipinski definition) is 1. The minimum atomic E-state index is -2.41. The Morgan fingerprint density at radius 1 is 0.913 bits per heavy atom. The fourth-order valence-corrected chi connectivity index (χ4v) is 7.73. The first-order valence-corrected chi connectivity index (χ1v) is 10.3. The lowest BCUT2D eigenvalue weighted by atomic mass is 10.2. The zero-order chi connectivity index (χ0) is 16.9. The molecule has 1 atom stereocenters. The minimum Gasteiger partial charge on any atom is -0.406 e. The molecule has 0 aliphatic heterocycles. The van der Waals surface area contributed by atoms with Crippen LogP contribution in [0.3, 0.4) is 0 Å². The fraction of sp³-hybridized carbons (Fsp3) is 0.400. The molecule has 0 aliphatic rings. The van der Waals surface area contributed by atoms with Crippen LogP contribution < -0.4 is 16.1 Å². The Bertz CT molecular complexity index is 553. The maximum absolute atomic E-state index is 6.73. The smallest absolute Gasteiger partial charge is 0.261 e. The maximum atomic E-state index is 6.73. The molecule has 3 heteroatoms. The van der Waals surface area contributed by atoms with Gasteiger partial charge in [0.25, 0.3) is 8.32 Å². The highest BCUT2D eigenvalue weighted by Gasteiger charge is 2.50. The van der Waals surface area contributed by atoms with Crippen LogP contribution in [0.2, 0.25) is 5.04 Å². The maximum Gasteiger partial charge on any atom is 0.261 e. The van der Waals surface area contributed by atoms with E-state index in [-0.39, 0.29) is 11.1 Å². The predicted molar refractivity (Wildman–Crippen MR) is 102 cm³/mol. The van der Waals surface area contributed by atoms with Crippen molar-refractivity contribution in [1.29, 1.82) is 0 Å². The summed E-state index contributed by atoms with van der Waals surface area (Å²) in [5, 5.41) is 2.63. The van der Waals surface area contributed by atoms with E-state index in [9.17, 15) is 0 Å². The molecule has 2 N–H and O–H groups in total. The van der Waals surface area contributed by atoms with Crippen molar-refractivity contribution < 1.29 is 4.43 Å². The highest BCUT2D eigenvalue weighted by atomic mass is 28.4. The molecule has 0 fully saturated rings. The molecule has 1 unspecified atom stereocenters.